The topological polar surface area (TPSA) is 78.3 Å². The van der Waals surface area contributed by atoms with Gasteiger partial charge in [-0.1, -0.05) is 72.4 Å². The Balaban J connectivity index is 1.39. The van der Waals surface area contributed by atoms with E-state index in [4.69, 9.17) is 9.47 Å². The molecule has 4 rings (SSSR count). The smallest absolute Gasteiger partial charge is 0.230 e. The van der Waals surface area contributed by atoms with Crippen molar-refractivity contribution in [1.29, 1.82) is 0 Å². The van der Waals surface area contributed by atoms with E-state index in [1.807, 2.05) is 77.4 Å². The van der Waals surface area contributed by atoms with Crippen molar-refractivity contribution in [1.82, 2.24) is 20.1 Å². The third-order valence-corrected chi connectivity index (χ3v) is 6.04. The fourth-order valence-corrected chi connectivity index (χ4v) is 4.03. The number of para-hydroxylation sites is 1. The number of nitrogens with one attached hydrogen (secondary N) is 1. The molecule has 0 spiro atoms. The first-order valence-electron chi connectivity index (χ1n) is 10.9. The molecule has 0 unspecified atom stereocenters. The number of rotatable bonds is 11. The van der Waals surface area contributed by atoms with E-state index in [1.54, 1.807) is 7.11 Å². The molecule has 8 heteroatoms. The van der Waals surface area contributed by atoms with Crippen LogP contribution in [0.2, 0.25) is 0 Å². The first-order valence-corrected chi connectivity index (χ1v) is 11.9. The van der Waals surface area contributed by atoms with Crippen molar-refractivity contribution in [2.75, 3.05) is 12.9 Å². The molecule has 0 aliphatic heterocycles. The standard InChI is InChI=1S/C26H26N4O3S/c1-32-22-14-12-20(13-15-22)16-27-25(31)19-34-26-29-28-24(18-33-23-10-6-3-7-11-23)30(26)17-21-8-4-2-5-9-21/h2-15H,16-19H2,1H3,(H,27,31). The summed E-state index contributed by atoms with van der Waals surface area (Å²) in [6, 6.07) is 27.3. The Morgan fingerprint density at radius 3 is 2.29 bits per heavy atom. The summed E-state index contributed by atoms with van der Waals surface area (Å²) in [6.45, 7) is 1.33. The van der Waals surface area contributed by atoms with Crippen LogP contribution in [0.5, 0.6) is 11.5 Å². The molecular formula is C26H26N4O3S. The van der Waals surface area contributed by atoms with Gasteiger partial charge in [0.1, 0.15) is 18.1 Å². The van der Waals surface area contributed by atoms with Gasteiger partial charge in [-0.2, -0.15) is 0 Å². The number of aromatic nitrogens is 3. The maximum atomic E-state index is 12.5. The molecule has 0 radical (unpaired) electrons. The fraction of sp³-hybridized carbons (Fsp3) is 0.192. The highest BCUT2D eigenvalue weighted by molar-refractivity contribution is 7.99. The second-order valence-electron chi connectivity index (χ2n) is 7.49. The fourth-order valence-electron chi connectivity index (χ4n) is 3.25. The number of methoxy groups -OCH3 is 1. The number of carbonyl (C=O) groups excluding carboxylic acids is 1. The number of carbonyl (C=O) groups is 1. The summed E-state index contributed by atoms with van der Waals surface area (Å²) >= 11 is 1.36. The highest BCUT2D eigenvalue weighted by Gasteiger charge is 2.15. The van der Waals surface area contributed by atoms with Crippen molar-refractivity contribution in [3.05, 3.63) is 102 Å². The van der Waals surface area contributed by atoms with E-state index in [1.165, 1.54) is 11.8 Å². The van der Waals surface area contributed by atoms with Crippen LogP contribution in [0.25, 0.3) is 0 Å². The third kappa shape index (κ3) is 6.62. The van der Waals surface area contributed by atoms with Gasteiger partial charge in [0.05, 0.1) is 19.4 Å². The molecule has 7 nitrogen and oxygen atoms in total. The quantitative estimate of drug-likeness (QED) is 0.326. The molecule has 0 aliphatic carbocycles. The number of hydrogen-bond acceptors (Lipinski definition) is 6. The van der Waals surface area contributed by atoms with Crippen molar-refractivity contribution in [3.8, 4) is 11.5 Å². The van der Waals surface area contributed by atoms with Gasteiger partial charge < -0.3 is 14.8 Å². The van der Waals surface area contributed by atoms with Gasteiger partial charge in [-0.3, -0.25) is 9.36 Å². The zero-order valence-electron chi connectivity index (χ0n) is 18.9. The molecule has 4 aromatic rings. The highest BCUT2D eigenvalue weighted by Crippen LogP contribution is 2.20. The SMILES string of the molecule is COc1ccc(CNC(=O)CSc2nnc(COc3ccccc3)n2Cc2ccccc2)cc1. The largest absolute Gasteiger partial charge is 0.497 e. The van der Waals surface area contributed by atoms with Crippen LogP contribution in [0.4, 0.5) is 0 Å². The molecule has 0 aliphatic rings. The van der Waals surface area contributed by atoms with Crippen LogP contribution in [0.15, 0.2) is 90.1 Å². The molecule has 0 atom stereocenters. The van der Waals surface area contributed by atoms with Crippen LogP contribution in [0, 0.1) is 0 Å². The Morgan fingerprint density at radius 1 is 0.882 bits per heavy atom. The van der Waals surface area contributed by atoms with Crippen LogP contribution in [-0.4, -0.2) is 33.5 Å². The lowest BCUT2D eigenvalue weighted by molar-refractivity contribution is -0.118. The summed E-state index contributed by atoms with van der Waals surface area (Å²) in [5, 5.41) is 12.3. The molecule has 0 fully saturated rings. The van der Waals surface area contributed by atoms with Crippen LogP contribution in [-0.2, 0) is 24.5 Å². The number of hydrogen-bond donors (Lipinski definition) is 1. The number of amides is 1. The van der Waals surface area contributed by atoms with E-state index in [0.29, 0.717) is 24.1 Å². The molecule has 174 valence electrons. The molecule has 1 N–H and O–H groups in total. The second-order valence-corrected chi connectivity index (χ2v) is 8.43. The van der Waals surface area contributed by atoms with Crippen molar-refractivity contribution >= 4 is 17.7 Å². The first kappa shape index (κ1) is 23.4. The van der Waals surface area contributed by atoms with E-state index >= 15 is 0 Å². The zero-order valence-corrected chi connectivity index (χ0v) is 19.7. The monoisotopic (exact) mass is 474 g/mol. The summed E-state index contributed by atoms with van der Waals surface area (Å²) < 4.78 is 13.1. The average molecular weight is 475 g/mol. The predicted molar refractivity (Wildman–Crippen MR) is 132 cm³/mol. The van der Waals surface area contributed by atoms with Gasteiger partial charge in [0.2, 0.25) is 5.91 Å². The van der Waals surface area contributed by atoms with E-state index in [-0.39, 0.29) is 18.3 Å². The zero-order chi connectivity index (χ0) is 23.6. The van der Waals surface area contributed by atoms with Gasteiger partial charge in [-0.05, 0) is 35.4 Å². The summed E-state index contributed by atoms with van der Waals surface area (Å²) in [4.78, 5) is 12.5. The lowest BCUT2D eigenvalue weighted by atomic mass is 10.2. The Labute approximate surface area is 203 Å². The third-order valence-electron chi connectivity index (χ3n) is 5.07. The number of nitrogens with zero attached hydrogens (tertiary/aromatic N) is 3. The molecule has 0 saturated heterocycles. The van der Waals surface area contributed by atoms with E-state index in [0.717, 1.165) is 22.6 Å². The Morgan fingerprint density at radius 2 is 1.59 bits per heavy atom. The van der Waals surface area contributed by atoms with Gasteiger partial charge >= 0.3 is 0 Å². The minimum Gasteiger partial charge on any atom is -0.497 e. The normalized spacial score (nSPS) is 10.6. The van der Waals surface area contributed by atoms with Gasteiger partial charge in [0, 0.05) is 6.54 Å². The Kier molecular flexibility index (Phi) is 8.18. The summed E-state index contributed by atoms with van der Waals surface area (Å²) in [5.74, 6) is 2.42. The predicted octanol–water partition coefficient (Wildman–Crippen LogP) is 4.32. The highest BCUT2D eigenvalue weighted by atomic mass is 32.2. The van der Waals surface area contributed by atoms with Gasteiger partial charge in [-0.15, -0.1) is 10.2 Å². The lowest BCUT2D eigenvalue weighted by Crippen LogP contribution is -2.24. The summed E-state index contributed by atoms with van der Waals surface area (Å²) in [5.41, 5.74) is 2.13. The molecule has 1 amide bonds. The summed E-state index contributed by atoms with van der Waals surface area (Å²) in [7, 11) is 1.63. The first-order chi connectivity index (χ1) is 16.7. The number of benzene rings is 3. The maximum absolute atomic E-state index is 12.5. The number of ether oxygens (including phenoxy) is 2. The Hall–Kier alpha value is -3.78. The molecule has 34 heavy (non-hydrogen) atoms. The molecule has 0 saturated carbocycles. The number of thioether (sulfide) groups is 1. The average Bonchev–Trinajstić information content (AvgIpc) is 3.27. The van der Waals surface area contributed by atoms with Crippen LogP contribution >= 0.6 is 11.8 Å². The minimum atomic E-state index is -0.0721. The van der Waals surface area contributed by atoms with Crippen LogP contribution in [0.1, 0.15) is 17.0 Å². The van der Waals surface area contributed by atoms with E-state index in [9.17, 15) is 4.79 Å². The van der Waals surface area contributed by atoms with E-state index in [2.05, 4.69) is 27.6 Å². The Bertz CT molecular complexity index is 1180. The molecular weight excluding hydrogens is 448 g/mol. The lowest BCUT2D eigenvalue weighted by Gasteiger charge is -2.11. The summed E-state index contributed by atoms with van der Waals surface area (Å²) in [6.07, 6.45) is 0. The second kappa shape index (κ2) is 11.9. The minimum absolute atomic E-state index is 0.0721. The molecule has 1 aromatic heterocycles. The van der Waals surface area contributed by atoms with Crippen LogP contribution < -0.4 is 14.8 Å². The molecule has 0 bridgehead atoms. The van der Waals surface area contributed by atoms with Crippen molar-refractivity contribution in [3.63, 3.8) is 0 Å². The van der Waals surface area contributed by atoms with Gasteiger partial charge in [0.15, 0.2) is 11.0 Å². The van der Waals surface area contributed by atoms with Crippen LogP contribution in [0.3, 0.4) is 0 Å². The van der Waals surface area contributed by atoms with Crippen molar-refractivity contribution in [2.24, 2.45) is 0 Å². The van der Waals surface area contributed by atoms with Crippen molar-refractivity contribution < 1.29 is 14.3 Å². The van der Waals surface area contributed by atoms with Crippen molar-refractivity contribution in [2.45, 2.75) is 24.9 Å². The van der Waals surface area contributed by atoms with Gasteiger partial charge in [-0.25, -0.2) is 0 Å². The van der Waals surface area contributed by atoms with E-state index < -0.39 is 0 Å². The molecule has 1 heterocycles. The molecule has 3 aromatic carbocycles. The van der Waals surface area contributed by atoms with Gasteiger partial charge in [0.25, 0.3) is 0 Å². The maximum Gasteiger partial charge on any atom is 0.230 e.